The molecule has 1 rings (SSSR count). The van der Waals surface area contributed by atoms with E-state index in [1.165, 1.54) is 0 Å². The van der Waals surface area contributed by atoms with E-state index >= 15 is 0 Å². The third-order valence-corrected chi connectivity index (χ3v) is 5.41. The van der Waals surface area contributed by atoms with Gasteiger partial charge in [0.25, 0.3) is 8.48 Å². The van der Waals surface area contributed by atoms with E-state index in [0.717, 1.165) is 19.5 Å². The van der Waals surface area contributed by atoms with Crippen molar-refractivity contribution < 1.29 is 4.43 Å². The number of rotatable bonds is 2. The maximum absolute atomic E-state index is 5.80. The maximum atomic E-state index is 5.80. The smallest absolute Gasteiger partial charge is 0.264 e. The lowest BCUT2D eigenvalue weighted by molar-refractivity contribution is 0.321. The highest BCUT2D eigenvalue weighted by Gasteiger charge is 2.34. The van der Waals surface area contributed by atoms with Crippen LogP contribution in [0.2, 0.25) is 13.1 Å². The van der Waals surface area contributed by atoms with Gasteiger partial charge in [-0.1, -0.05) is 0 Å². The van der Waals surface area contributed by atoms with Gasteiger partial charge in [0, 0.05) is 19.7 Å². The molecule has 1 unspecified atom stereocenters. The molecule has 0 amide bonds. The molecule has 0 aromatic rings. The fourth-order valence-electron chi connectivity index (χ4n) is 1.41. The van der Waals surface area contributed by atoms with E-state index in [1.807, 2.05) is 0 Å². The summed E-state index contributed by atoms with van der Waals surface area (Å²) in [5.74, 6) is 0. The number of hydrogen-bond acceptors (Lipinski definition) is 3. The Morgan fingerprint density at radius 1 is 1.55 bits per heavy atom. The molecule has 0 aromatic heterocycles. The van der Waals surface area contributed by atoms with Crippen LogP contribution in [0, 0.1) is 0 Å². The van der Waals surface area contributed by atoms with Gasteiger partial charge in [0.2, 0.25) is 0 Å². The van der Waals surface area contributed by atoms with E-state index in [1.54, 1.807) is 7.11 Å². The van der Waals surface area contributed by atoms with Gasteiger partial charge in [0.05, 0.1) is 0 Å². The van der Waals surface area contributed by atoms with Gasteiger partial charge < -0.3 is 14.7 Å². The van der Waals surface area contributed by atoms with Crippen molar-refractivity contribution in [3.05, 3.63) is 0 Å². The molecular formula is C7H18N2OSi. The molecule has 3 nitrogen and oxygen atoms in total. The Balaban J connectivity index is 2.48. The first kappa shape index (κ1) is 9.19. The number of hydrogen-bond donors (Lipinski definition) is 1. The van der Waals surface area contributed by atoms with E-state index in [-0.39, 0.29) is 0 Å². The Hall–Kier alpha value is 0.0969. The summed E-state index contributed by atoms with van der Waals surface area (Å²) >= 11 is 0. The lowest BCUT2D eigenvalue weighted by Crippen LogP contribution is -2.50. The Kier molecular flexibility index (Phi) is 2.69. The van der Waals surface area contributed by atoms with E-state index in [2.05, 4.69) is 17.7 Å². The lowest BCUT2D eigenvalue weighted by atomic mass is 10.3. The third kappa shape index (κ3) is 2.02. The van der Waals surface area contributed by atoms with Crippen LogP contribution in [0.3, 0.4) is 0 Å². The van der Waals surface area contributed by atoms with Crippen LogP contribution in [-0.2, 0) is 4.43 Å². The largest absolute Gasteiger partial charge is 0.406 e. The zero-order chi connectivity index (χ0) is 8.48. The van der Waals surface area contributed by atoms with Crippen LogP contribution < -0.4 is 5.73 Å². The van der Waals surface area contributed by atoms with Crippen LogP contribution in [0.4, 0.5) is 0 Å². The Morgan fingerprint density at radius 2 is 2.18 bits per heavy atom. The molecule has 0 saturated carbocycles. The minimum Gasteiger partial charge on any atom is -0.406 e. The molecule has 11 heavy (non-hydrogen) atoms. The Morgan fingerprint density at radius 3 is 2.55 bits per heavy atom. The molecule has 0 aliphatic carbocycles. The van der Waals surface area contributed by atoms with Crippen molar-refractivity contribution in [2.45, 2.75) is 25.6 Å². The van der Waals surface area contributed by atoms with E-state index in [4.69, 9.17) is 10.2 Å². The topological polar surface area (TPSA) is 38.5 Å². The molecule has 4 heteroatoms. The Bertz CT molecular complexity index is 140. The molecule has 66 valence electrons. The van der Waals surface area contributed by atoms with Gasteiger partial charge in [-0.05, 0) is 26.1 Å². The van der Waals surface area contributed by atoms with Gasteiger partial charge in [-0.15, -0.1) is 0 Å². The summed E-state index contributed by atoms with van der Waals surface area (Å²) in [6.07, 6.45) is 1.12. The molecule has 0 radical (unpaired) electrons. The molecule has 0 spiro atoms. The molecule has 2 N–H and O–H groups in total. The molecule has 1 atom stereocenters. The number of nitrogens with zero attached hydrogens (tertiary/aromatic N) is 1. The standard InChI is InChI=1S/C7H18N2OSi/c1-10-11(2,3)9-5-4-7(8)6-9/h7H,4-6,8H2,1-3H3. The molecule has 0 aromatic carbocycles. The predicted molar refractivity (Wildman–Crippen MR) is 48.7 cm³/mol. The molecule has 1 fully saturated rings. The van der Waals surface area contributed by atoms with Gasteiger partial charge in [0.1, 0.15) is 0 Å². The summed E-state index contributed by atoms with van der Waals surface area (Å²) in [6.45, 7) is 6.57. The van der Waals surface area contributed by atoms with Crippen molar-refractivity contribution in [2.75, 3.05) is 20.2 Å². The fourth-order valence-corrected chi connectivity index (χ4v) is 3.01. The molecule has 1 aliphatic heterocycles. The van der Waals surface area contributed by atoms with Crippen LogP contribution in [0.25, 0.3) is 0 Å². The first-order chi connectivity index (χ1) is 5.06. The predicted octanol–water partition coefficient (Wildman–Crippen LogP) is 0.368. The SMILES string of the molecule is CO[Si](C)(C)N1CCC(N)C1. The van der Waals surface area contributed by atoms with Crippen LogP contribution in [0.5, 0.6) is 0 Å². The van der Waals surface area contributed by atoms with Gasteiger partial charge in [-0.25, -0.2) is 0 Å². The normalized spacial score (nSPS) is 27.8. The maximum Gasteiger partial charge on any atom is 0.264 e. The summed E-state index contributed by atoms with van der Waals surface area (Å²) < 4.78 is 7.89. The highest BCUT2D eigenvalue weighted by Crippen LogP contribution is 2.17. The van der Waals surface area contributed by atoms with Crippen LogP contribution in [0.1, 0.15) is 6.42 Å². The van der Waals surface area contributed by atoms with Crippen LogP contribution >= 0.6 is 0 Å². The van der Waals surface area contributed by atoms with Crippen molar-refractivity contribution in [3.63, 3.8) is 0 Å². The van der Waals surface area contributed by atoms with Crippen molar-refractivity contribution in [1.82, 2.24) is 4.57 Å². The minimum atomic E-state index is -1.53. The average molecular weight is 174 g/mol. The second-order valence-corrected chi connectivity index (χ2v) is 7.58. The second kappa shape index (κ2) is 3.22. The van der Waals surface area contributed by atoms with Crippen LogP contribution in [-0.4, -0.2) is 39.3 Å². The van der Waals surface area contributed by atoms with E-state index < -0.39 is 8.48 Å². The third-order valence-electron chi connectivity index (χ3n) is 2.49. The average Bonchev–Trinajstić information content (AvgIpc) is 2.36. The van der Waals surface area contributed by atoms with Gasteiger partial charge in [-0.2, -0.15) is 0 Å². The zero-order valence-corrected chi connectivity index (χ0v) is 8.63. The summed E-state index contributed by atoms with van der Waals surface area (Å²) in [5.41, 5.74) is 5.80. The van der Waals surface area contributed by atoms with Crippen molar-refractivity contribution in [1.29, 1.82) is 0 Å². The highest BCUT2D eigenvalue weighted by molar-refractivity contribution is 6.68. The quantitative estimate of drug-likeness (QED) is 0.615. The molecule has 1 saturated heterocycles. The number of nitrogens with two attached hydrogens (primary N) is 1. The summed E-state index contributed by atoms with van der Waals surface area (Å²) in [6, 6.07) is 0.372. The summed E-state index contributed by atoms with van der Waals surface area (Å²) in [4.78, 5) is 0. The van der Waals surface area contributed by atoms with Crippen molar-refractivity contribution >= 4 is 8.48 Å². The first-order valence-corrected chi connectivity index (χ1v) is 6.97. The molecular weight excluding hydrogens is 156 g/mol. The monoisotopic (exact) mass is 174 g/mol. The zero-order valence-electron chi connectivity index (χ0n) is 7.63. The first-order valence-electron chi connectivity index (χ1n) is 4.12. The second-order valence-electron chi connectivity index (χ2n) is 3.65. The molecule has 0 bridgehead atoms. The van der Waals surface area contributed by atoms with E-state index in [0.29, 0.717) is 6.04 Å². The summed E-state index contributed by atoms with van der Waals surface area (Å²) in [5, 5.41) is 0. The van der Waals surface area contributed by atoms with Gasteiger partial charge in [-0.3, -0.25) is 0 Å². The van der Waals surface area contributed by atoms with Crippen LogP contribution in [0.15, 0.2) is 0 Å². The minimum absolute atomic E-state index is 0.372. The Labute approximate surface area is 69.7 Å². The fraction of sp³-hybridized carbons (Fsp3) is 1.00. The summed E-state index contributed by atoms with van der Waals surface area (Å²) in [7, 11) is 0.269. The van der Waals surface area contributed by atoms with Gasteiger partial charge >= 0.3 is 0 Å². The molecule has 1 aliphatic rings. The molecule has 1 heterocycles. The van der Waals surface area contributed by atoms with E-state index in [9.17, 15) is 0 Å². The lowest BCUT2D eigenvalue weighted by Gasteiger charge is -2.30. The van der Waals surface area contributed by atoms with Crippen molar-refractivity contribution in [2.24, 2.45) is 5.73 Å². The van der Waals surface area contributed by atoms with Gasteiger partial charge in [0.15, 0.2) is 0 Å². The highest BCUT2D eigenvalue weighted by atomic mass is 28.4. The van der Waals surface area contributed by atoms with Crippen molar-refractivity contribution in [3.8, 4) is 0 Å².